The van der Waals surface area contributed by atoms with E-state index in [9.17, 15) is 8.42 Å². The van der Waals surface area contributed by atoms with Gasteiger partial charge in [-0.1, -0.05) is 24.3 Å². The molecule has 0 bridgehead atoms. The lowest BCUT2D eigenvalue weighted by atomic mass is 9.78. The maximum Gasteiger partial charge on any atom is 0.147 e. The van der Waals surface area contributed by atoms with E-state index in [0.29, 0.717) is 24.6 Å². The Bertz CT molecular complexity index is 508. The fourth-order valence-corrected chi connectivity index (χ4v) is 3.80. The molecular formula is C14H20Cl2O2S. The van der Waals surface area contributed by atoms with Crippen molar-refractivity contribution in [1.29, 1.82) is 0 Å². The highest BCUT2D eigenvalue weighted by Gasteiger charge is 2.31. The highest BCUT2D eigenvalue weighted by atomic mass is 35.5. The van der Waals surface area contributed by atoms with E-state index in [4.69, 9.17) is 23.2 Å². The summed E-state index contributed by atoms with van der Waals surface area (Å²) in [6.45, 7) is 2.03. The average molecular weight is 323 g/mol. The predicted octanol–water partition coefficient (Wildman–Crippen LogP) is 3.54. The van der Waals surface area contributed by atoms with Crippen molar-refractivity contribution in [2.24, 2.45) is 0 Å². The molecule has 0 aromatic heterocycles. The molecule has 1 aromatic rings. The minimum absolute atomic E-state index is 0.175. The molecule has 0 spiro atoms. The largest absolute Gasteiger partial charge is 0.229 e. The molecule has 0 aliphatic carbocycles. The number of rotatable bonds is 7. The Morgan fingerprint density at radius 2 is 1.74 bits per heavy atom. The first-order valence-electron chi connectivity index (χ1n) is 6.20. The third-order valence-corrected chi connectivity index (χ3v) is 5.45. The first-order chi connectivity index (χ1) is 8.84. The van der Waals surface area contributed by atoms with E-state index in [-0.39, 0.29) is 11.2 Å². The Balaban J connectivity index is 2.95. The van der Waals surface area contributed by atoms with E-state index >= 15 is 0 Å². The summed E-state index contributed by atoms with van der Waals surface area (Å²) in [6.07, 6.45) is 2.51. The molecule has 0 aliphatic heterocycles. The van der Waals surface area contributed by atoms with Crippen LogP contribution in [0.5, 0.6) is 0 Å². The Morgan fingerprint density at radius 1 is 1.16 bits per heavy atom. The maximum atomic E-state index is 11.2. The lowest BCUT2D eigenvalue weighted by Gasteiger charge is -2.31. The van der Waals surface area contributed by atoms with Crippen LogP contribution in [0.25, 0.3) is 0 Å². The van der Waals surface area contributed by atoms with E-state index in [0.717, 1.165) is 11.1 Å². The van der Waals surface area contributed by atoms with Crippen LogP contribution < -0.4 is 0 Å². The number of sulfone groups is 1. The molecule has 0 fully saturated rings. The normalized spacial score (nSPS) is 12.6. The predicted molar refractivity (Wildman–Crippen MR) is 83.2 cm³/mol. The van der Waals surface area contributed by atoms with Gasteiger partial charge in [-0.05, 0) is 30.9 Å². The zero-order chi connectivity index (χ0) is 14.5. The van der Waals surface area contributed by atoms with Gasteiger partial charge in [0.1, 0.15) is 9.84 Å². The highest BCUT2D eigenvalue weighted by Crippen LogP contribution is 2.34. The molecule has 2 nitrogen and oxygen atoms in total. The second kappa shape index (κ2) is 6.96. The molecule has 1 rings (SSSR count). The number of halogens is 2. The number of benzene rings is 1. The molecule has 0 saturated carbocycles. The first-order valence-corrected chi connectivity index (χ1v) is 9.33. The second-order valence-corrected chi connectivity index (χ2v) is 7.89. The molecule has 0 saturated heterocycles. The Labute approximate surface area is 126 Å². The fourth-order valence-electron chi connectivity index (χ4n) is 2.29. The van der Waals surface area contributed by atoms with Gasteiger partial charge in [-0.3, -0.25) is 0 Å². The summed E-state index contributed by atoms with van der Waals surface area (Å²) >= 11 is 12.3. The summed E-state index contributed by atoms with van der Waals surface area (Å²) in [5.41, 5.74) is 1.91. The van der Waals surface area contributed by atoms with E-state index in [1.54, 1.807) is 0 Å². The molecule has 19 heavy (non-hydrogen) atoms. The summed E-state index contributed by atoms with van der Waals surface area (Å²) in [5.74, 6) is 0.963. The zero-order valence-electron chi connectivity index (χ0n) is 11.3. The van der Waals surface area contributed by atoms with Crippen molar-refractivity contribution in [2.45, 2.75) is 25.2 Å². The monoisotopic (exact) mass is 322 g/mol. The molecule has 0 unspecified atom stereocenters. The van der Waals surface area contributed by atoms with Gasteiger partial charge in [0, 0.05) is 29.2 Å². The molecule has 108 valence electrons. The quantitative estimate of drug-likeness (QED) is 0.719. The van der Waals surface area contributed by atoms with Crippen LogP contribution in [0.2, 0.25) is 0 Å². The first kappa shape index (κ1) is 16.8. The number of hydrogen-bond acceptors (Lipinski definition) is 2. The Hall–Kier alpha value is -0.250. The van der Waals surface area contributed by atoms with Gasteiger partial charge in [0.25, 0.3) is 0 Å². The molecule has 5 heteroatoms. The van der Waals surface area contributed by atoms with Crippen LogP contribution in [0.3, 0.4) is 0 Å². The summed E-state index contributed by atoms with van der Waals surface area (Å²) in [4.78, 5) is 0. The van der Waals surface area contributed by atoms with Crippen LogP contribution in [-0.2, 0) is 15.3 Å². The van der Waals surface area contributed by atoms with Crippen LogP contribution in [0.4, 0.5) is 0 Å². The van der Waals surface area contributed by atoms with E-state index in [1.807, 2.05) is 31.2 Å². The van der Waals surface area contributed by atoms with E-state index < -0.39 is 9.84 Å². The van der Waals surface area contributed by atoms with Crippen LogP contribution in [0.1, 0.15) is 24.0 Å². The third-order valence-electron chi connectivity index (χ3n) is 3.40. The van der Waals surface area contributed by atoms with Crippen LogP contribution in [0, 0.1) is 6.92 Å². The van der Waals surface area contributed by atoms with Gasteiger partial charge in [0.2, 0.25) is 0 Å². The van der Waals surface area contributed by atoms with Gasteiger partial charge in [-0.2, -0.15) is 0 Å². The van der Waals surface area contributed by atoms with Crippen LogP contribution in [-0.4, -0.2) is 32.2 Å². The summed E-state index contributed by atoms with van der Waals surface area (Å²) in [7, 11) is -2.94. The fraction of sp³-hybridized carbons (Fsp3) is 0.571. The van der Waals surface area contributed by atoms with Crippen LogP contribution in [0.15, 0.2) is 24.3 Å². The van der Waals surface area contributed by atoms with Crippen molar-refractivity contribution in [1.82, 2.24) is 0 Å². The third kappa shape index (κ3) is 4.66. The van der Waals surface area contributed by atoms with Gasteiger partial charge in [0.05, 0.1) is 0 Å². The molecule has 0 heterocycles. The standard InChI is InChI=1S/C14H20Cl2O2S/c1-12-6-3-4-7-13(12)14(10-15,11-16)8-5-9-19(2,17)18/h3-4,6-7H,5,8-11H2,1-2H3. The van der Waals surface area contributed by atoms with Crippen molar-refractivity contribution in [3.05, 3.63) is 35.4 Å². The van der Waals surface area contributed by atoms with Gasteiger partial charge >= 0.3 is 0 Å². The summed E-state index contributed by atoms with van der Waals surface area (Å²) in [5, 5.41) is 0. The maximum absolute atomic E-state index is 11.2. The second-order valence-electron chi connectivity index (χ2n) is 5.10. The highest BCUT2D eigenvalue weighted by molar-refractivity contribution is 7.90. The minimum Gasteiger partial charge on any atom is -0.229 e. The molecule has 0 aliphatic rings. The molecule has 1 aromatic carbocycles. The van der Waals surface area contributed by atoms with Crippen molar-refractivity contribution in [3.8, 4) is 0 Å². The van der Waals surface area contributed by atoms with E-state index in [1.165, 1.54) is 6.26 Å². The molecule has 0 atom stereocenters. The lowest BCUT2D eigenvalue weighted by molar-refractivity contribution is 0.481. The molecule has 0 N–H and O–H groups in total. The minimum atomic E-state index is -2.94. The molecule has 0 radical (unpaired) electrons. The summed E-state index contributed by atoms with van der Waals surface area (Å²) < 4.78 is 22.5. The van der Waals surface area contributed by atoms with Crippen molar-refractivity contribution >= 4 is 33.0 Å². The topological polar surface area (TPSA) is 34.1 Å². The van der Waals surface area contributed by atoms with Crippen molar-refractivity contribution < 1.29 is 8.42 Å². The number of aryl methyl sites for hydroxylation is 1. The van der Waals surface area contributed by atoms with Crippen LogP contribution >= 0.6 is 23.2 Å². The van der Waals surface area contributed by atoms with Gasteiger partial charge in [-0.25, -0.2) is 8.42 Å². The zero-order valence-corrected chi connectivity index (χ0v) is 13.7. The van der Waals surface area contributed by atoms with Gasteiger partial charge < -0.3 is 0 Å². The van der Waals surface area contributed by atoms with Gasteiger partial charge in [0.15, 0.2) is 0 Å². The van der Waals surface area contributed by atoms with E-state index in [2.05, 4.69) is 0 Å². The average Bonchev–Trinajstić information content (AvgIpc) is 2.35. The van der Waals surface area contributed by atoms with Crippen molar-refractivity contribution in [2.75, 3.05) is 23.8 Å². The number of hydrogen-bond donors (Lipinski definition) is 0. The smallest absolute Gasteiger partial charge is 0.147 e. The molecule has 0 amide bonds. The summed E-state index contributed by atoms with van der Waals surface area (Å²) in [6, 6.07) is 8.00. The SMILES string of the molecule is Cc1ccccc1C(CCl)(CCl)CCCS(C)(=O)=O. The lowest BCUT2D eigenvalue weighted by Crippen LogP contribution is -2.32. The Morgan fingerprint density at radius 3 is 2.21 bits per heavy atom. The van der Waals surface area contributed by atoms with Gasteiger partial charge in [-0.15, -0.1) is 23.2 Å². The van der Waals surface area contributed by atoms with Crippen molar-refractivity contribution in [3.63, 3.8) is 0 Å². The number of alkyl halides is 2. The Kier molecular flexibility index (Phi) is 6.15. The molecular weight excluding hydrogens is 303 g/mol.